The minimum Gasteiger partial charge on any atom is -0.291 e. The lowest BCUT2D eigenvalue weighted by Crippen LogP contribution is -1.98. The van der Waals surface area contributed by atoms with Crippen LogP contribution in [0.5, 0.6) is 0 Å². The molecule has 3 nitrogen and oxygen atoms in total. The van der Waals surface area contributed by atoms with E-state index in [1.165, 1.54) is 0 Å². The number of para-hydroxylation sites is 2. The molecule has 148 valence electrons. The fourth-order valence-electron chi connectivity index (χ4n) is 3.73. The molecule has 0 aliphatic heterocycles. The van der Waals surface area contributed by atoms with Crippen LogP contribution in [0.15, 0.2) is 78.9 Å². The maximum atomic E-state index is 10.0. The highest BCUT2D eigenvalue weighted by Gasteiger charge is 2.16. The molecular weight excluding hydrogens is 425 g/mol. The number of rotatable bonds is 3. The Bertz CT molecular complexity index is 1510. The zero-order chi connectivity index (χ0) is 21.4. The number of imidazole rings is 1. The molecule has 2 aromatic heterocycles. The van der Waals surface area contributed by atoms with Gasteiger partial charge < -0.3 is 0 Å². The standard InChI is InChI=1S/C26H15Cl2N3/c27-20-12-10-18(11-13-20)25-15-19(9-8-17-4-3-5-21(28)14-17)22(16-29)26-30-23-6-1-2-7-24(23)31(25)26/h1-15H. The summed E-state index contributed by atoms with van der Waals surface area (Å²) < 4.78 is 2.04. The lowest BCUT2D eigenvalue weighted by Gasteiger charge is -2.11. The normalized spacial score (nSPS) is 11.4. The summed E-state index contributed by atoms with van der Waals surface area (Å²) in [5, 5.41) is 11.3. The summed E-state index contributed by atoms with van der Waals surface area (Å²) in [6, 6.07) is 27.5. The SMILES string of the molecule is N#Cc1c(C=Cc2cccc(Cl)c2)cc(-c2ccc(Cl)cc2)n2c1nc1ccccc12. The van der Waals surface area contributed by atoms with E-state index in [4.69, 9.17) is 28.2 Å². The van der Waals surface area contributed by atoms with E-state index in [0.29, 0.717) is 21.3 Å². The molecule has 2 heterocycles. The number of nitrogens with zero attached hydrogens (tertiary/aromatic N) is 3. The van der Waals surface area contributed by atoms with Crippen molar-refractivity contribution in [1.82, 2.24) is 9.38 Å². The Morgan fingerprint density at radius 3 is 2.42 bits per heavy atom. The molecule has 0 aliphatic rings. The summed E-state index contributed by atoms with van der Waals surface area (Å²) in [6.07, 6.45) is 3.88. The fourth-order valence-corrected chi connectivity index (χ4v) is 4.05. The molecule has 5 rings (SSSR count). The summed E-state index contributed by atoms with van der Waals surface area (Å²) >= 11 is 12.2. The van der Waals surface area contributed by atoms with Crippen molar-refractivity contribution in [1.29, 1.82) is 5.26 Å². The number of halogens is 2. The van der Waals surface area contributed by atoms with Crippen LogP contribution in [0, 0.1) is 11.3 Å². The van der Waals surface area contributed by atoms with E-state index in [9.17, 15) is 5.26 Å². The van der Waals surface area contributed by atoms with Gasteiger partial charge in [-0.2, -0.15) is 5.26 Å². The maximum Gasteiger partial charge on any atom is 0.157 e. The van der Waals surface area contributed by atoms with Crippen LogP contribution in [0.2, 0.25) is 10.0 Å². The van der Waals surface area contributed by atoms with E-state index < -0.39 is 0 Å². The number of pyridine rings is 1. The monoisotopic (exact) mass is 439 g/mol. The van der Waals surface area contributed by atoms with Crippen molar-refractivity contribution in [2.45, 2.75) is 0 Å². The maximum absolute atomic E-state index is 10.0. The first kappa shape index (κ1) is 19.4. The summed E-state index contributed by atoms with van der Waals surface area (Å²) in [5.41, 5.74) is 6.60. The Hall–Kier alpha value is -3.58. The molecule has 5 aromatic rings. The molecule has 0 saturated heterocycles. The zero-order valence-corrected chi connectivity index (χ0v) is 17.8. The van der Waals surface area contributed by atoms with Gasteiger partial charge in [-0.3, -0.25) is 4.40 Å². The van der Waals surface area contributed by atoms with Crippen LogP contribution in [0.4, 0.5) is 0 Å². The summed E-state index contributed by atoms with van der Waals surface area (Å²) in [5.74, 6) is 0. The fraction of sp³-hybridized carbons (Fsp3) is 0. The van der Waals surface area contributed by atoms with Crippen molar-refractivity contribution >= 4 is 52.0 Å². The molecule has 0 atom stereocenters. The second-order valence-electron chi connectivity index (χ2n) is 7.13. The second-order valence-corrected chi connectivity index (χ2v) is 8.00. The van der Waals surface area contributed by atoms with Crippen LogP contribution < -0.4 is 0 Å². The molecule has 0 bridgehead atoms. The van der Waals surface area contributed by atoms with Gasteiger partial charge in [0.05, 0.1) is 16.7 Å². The number of hydrogen-bond acceptors (Lipinski definition) is 2. The highest BCUT2D eigenvalue weighted by Crippen LogP contribution is 2.31. The van der Waals surface area contributed by atoms with Gasteiger partial charge >= 0.3 is 0 Å². The average molecular weight is 440 g/mol. The molecule has 0 radical (unpaired) electrons. The van der Waals surface area contributed by atoms with Gasteiger partial charge in [0.2, 0.25) is 0 Å². The molecule has 31 heavy (non-hydrogen) atoms. The second kappa shape index (κ2) is 7.92. The third kappa shape index (κ3) is 3.57. The number of aromatic nitrogens is 2. The highest BCUT2D eigenvalue weighted by molar-refractivity contribution is 6.31. The van der Waals surface area contributed by atoms with E-state index in [2.05, 4.69) is 6.07 Å². The summed E-state index contributed by atoms with van der Waals surface area (Å²) in [7, 11) is 0. The predicted octanol–water partition coefficient (Wildman–Crippen LogP) is 7.50. The molecular formula is C26H15Cl2N3. The van der Waals surface area contributed by atoms with Gasteiger partial charge in [0, 0.05) is 10.0 Å². The zero-order valence-electron chi connectivity index (χ0n) is 16.3. The van der Waals surface area contributed by atoms with E-state index in [0.717, 1.165) is 33.4 Å². The van der Waals surface area contributed by atoms with Crippen LogP contribution >= 0.6 is 23.2 Å². The Kier molecular flexibility index (Phi) is 4.95. The lowest BCUT2D eigenvalue weighted by molar-refractivity contribution is 1.21. The average Bonchev–Trinajstić information content (AvgIpc) is 3.17. The van der Waals surface area contributed by atoms with Crippen molar-refractivity contribution in [3.05, 3.63) is 106 Å². The largest absolute Gasteiger partial charge is 0.291 e. The number of nitriles is 1. The first-order valence-corrected chi connectivity index (χ1v) is 10.4. The van der Waals surface area contributed by atoms with Gasteiger partial charge in [-0.15, -0.1) is 0 Å². The van der Waals surface area contributed by atoms with E-state index in [1.54, 1.807) is 0 Å². The molecule has 0 aliphatic carbocycles. The first-order chi connectivity index (χ1) is 15.1. The third-order valence-electron chi connectivity index (χ3n) is 5.16. The minimum atomic E-state index is 0.521. The Balaban J connectivity index is 1.81. The highest BCUT2D eigenvalue weighted by atomic mass is 35.5. The minimum absolute atomic E-state index is 0.521. The molecule has 0 fully saturated rings. The first-order valence-electron chi connectivity index (χ1n) is 9.68. The Morgan fingerprint density at radius 1 is 0.839 bits per heavy atom. The summed E-state index contributed by atoms with van der Waals surface area (Å²) in [6.45, 7) is 0. The van der Waals surface area contributed by atoms with Gasteiger partial charge in [0.15, 0.2) is 5.65 Å². The van der Waals surface area contributed by atoms with Gasteiger partial charge in [-0.1, -0.05) is 71.8 Å². The van der Waals surface area contributed by atoms with Gasteiger partial charge in [-0.05, 0) is 59.2 Å². The van der Waals surface area contributed by atoms with E-state index >= 15 is 0 Å². The molecule has 0 N–H and O–H groups in total. The smallest absolute Gasteiger partial charge is 0.157 e. The van der Waals surface area contributed by atoms with E-state index in [1.807, 2.05) is 95.4 Å². The topological polar surface area (TPSA) is 41.1 Å². The molecule has 0 unspecified atom stereocenters. The molecule has 0 spiro atoms. The van der Waals surface area contributed by atoms with Crippen molar-refractivity contribution in [2.24, 2.45) is 0 Å². The van der Waals surface area contributed by atoms with Crippen LogP contribution in [0.3, 0.4) is 0 Å². The number of hydrogen-bond donors (Lipinski definition) is 0. The molecule has 3 aromatic carbocycles. The third-order valence-corrected chi connectivity index (χ3v) is 5.65. The van der Waals surface area contributed by atoms with Gasteiger partial charge in [0.1, 0.15) is 11.6 Å². The quantitative estimate of drug-likeness (QED) is 0.291. The molecule has 0 amide bonds. The van der Waals surface area contributed by atoms with Crippen molar-refractivity contribution in [3.8, 4) is 17.3 Å². The van der Waals surface area contributed by atoms with Crippen LogP contribution in [-0.2, 0) is 0 Å². The van der Waals surface area contributed by atoms with Crippen molar-refractivity contribution in [3.63, 3.8) is 0 Å². The molecule has 5 heteroatoms. The van der Waals surface area contributed by atoms with Gasteiger partial charge in [-0.25, -0.2) is 4.98 Å². The van der Waals surface area contributed by atoms with Crippen LogP contribution in [0.25, 0.3) is 40.1 Å². The van der Waals surface area contributed by atoms with E-state index in [-0.39, 0.29) is 0 Å². The lowest BCUT2D eigenvalue weighted by atomic mass is 10.0. The Labute approximate surface area is 189 Å². The molecule has 0 saturated carbocycles. The van der Waals surface area contributed by atoms with Crippen molar-refractivity contribution in [2.75, 3.05) is 0 Å². The predicted molar refractivity (Wildman–Crippen MR) is 128 cm³/mol. The van der Waals surface area contributed by atoms with Crippen LogP contribution in [-0.4, -0.2) is 9.38 Å². The van der Waals surface area contributed by atoms with Crippen LogP contribution in [0.1, 0.15) is 16.7 Å². The summed E-state index contributed by atoms with van der Waals surface area (Å²) in [4.78, 5) is 4.78. The van der Waals surface area contributed by atoms with Gasteiger partial charge in [0.25, 0.3) is 0 Å². The van der Waals surface area contributed by atoms with Crippen molar-refractivity contribution < 1.29 is 0 Å². The number of fused-ring (bicyclic) bond motifs is 3. The number of benzene rings is 3. The Morgan fingerprint density at radius 2 is 1.65 bits per heavy atom.